The molecule has 1 atom stereocenters. The standard InChI is InChI=1S/C13H18INO2/c1-9(2)11(8-14)15-13(17)7-10-5-3-4-6-12(10)16/h3-6,9,11,16H,7-8H2,1-2H3,(H,15,17). The summed E-state index contributed by atoms with van der Waals surface area (Å²) in [5.74, 6) is 0.556. The van der Waals surface area contributed by atoms with Crippen molar-refractivity contribution in [3.05, 3.63) is 29.8 Å². The lowest BCUT2D eigenvalue weighted by Crippen LogP contribution is -2.40. The van der Waals surface area contributed by atoms with Gasteiger partial charge in [-0.2, -0.15) is 0 Å². The predicted molar refractivity (Wildman–Crippen MR) is 77.5 cm³/mol. The first kappa shape index (κ1) is 14.3. The van der Waals surface area contributed by atoms with E-state index in [4.69, 9.17) is 0 Å². The minimum absolute atomic E-state index is 0.0399. The molecule has 17 heavy (non-hydrogen) atoms. The van der Waals surface area contributed by atoms with Crippen molar-refractivity contribution >= 4 is 28.5 Å². The molecule has 0 saturated heterocycles. The van der Waals surface area contributed by atoms with Crippen molar-refractivity contribution in [2.75, 3.05) is 4.43 Å². The van der Waals surface area contributed by atoms with Gasteiger partial charge in [-0.05, 0) is 12.0 Å². The average molecular weight is 347 g/mol. The Morgan fingerprint density at radius 1 is 1.41 bits per heavy atom. The molecular weight excluding hydrogens is 329 g/mol. The van der Waals surface area contributed by atoms with Crippen LogP contribution in [0.4, 0.5) is 0 Å². The Morgan fingerprint density at radius 3 is 2.59 bits per heavy atom. The summed E-state index contributed by atoms with van der Waals surface area (Å²) in [6.45, 7) is 4.17. The predicted octanol–water partition coefficient (Wildman–Crippen LogP) is 2.51. The minimum atomic E-state index is -0.0399. The van der Waals surface area contributed by atoms with Crippen LogP contribution >= 0.6 is 22.6 Å². The normalized spacial score (nSPS) is 12.5. The zero-order chi connectivity index (χ0) is 12.8. The van der Waals surface area contributed by atoms with Crippen molar-refractivity contribution in [1.82, 2.24) is 5.32 Å². The van der Waals surface area contributed by atoms with Crippen LogP contribution in [-0.4, -0.2) is 21.5 Å². The topological polar surface area (TPSA) is 49.3 Å². The van der Waals surface area contributed by atoms with Crippen LogP contribution in [0.15, 0.2) is 24.3 Å². The zero-order valence-corrected chi connectivity index (χ0v) is 12.3. The number of rotatable bonds is 5. The van der Waals surface area contributed by atoms with Crippen LogP contribution in [0.25, 0.3) is 0 Å². The van der Waals surface area contributed by atoms with Gasteiger partial charge in [0.2, 0.25) is 5.91 Å². The second-order valence-electron chi connectivity index (χ2n) is 4.38. The first-order valence-corrected chi connectivity index (χ1v) is 7.19. The van der Waals surface area contributed by atoms with Crippen LogP contribution in [0.3, 0.4) is 0 Å². The molecule has 0 heterocycles. The zero-order valence-electron chi connectivity index (χ0n) is 10.1. The van der Waals surface area contributed by atoms with E-state index in [-0.39, 0.29) is 24.1 Å². The van der Waals surface area contributed by atoms with Gasteiger partial charge >= 0.3 is 0 Å². The molecule has 3 nitrogen and oxygen atoms in total. The molecule has 0 aliphatic rings. The number of phenols is 1. The molecule has 1 rings (SSSR count). The Kier molecular flexibility index (Phi) is 5.74. The summed E-state index contributed by atoms with van der Waals surface area (Å²) in [5.41, 5.74) is 0.668. The summed E-state index contributed by atoms with van der Waals surface area (Å²) in [6.07, 6.45) is 0.229. The molecule has 0 bridgehead atoms. The third-order valence-corrected chi connectivity index (χ3v) is 3.61. The maximum atomic E-state index is 11.8. The van der Waals surface area contributed by atoms with E-state index in [1.165, 1.54) is 0 Å². The lowest BCUT2D eigenvalue weighted by atomic mass is 10.1. The highest BCUT2D eigenvalue weighted by Gasteiger charge is 2.15. The van der Waals surface area contributed by atoms with Crippen LogP contribution in [0.2, 0.25) is 0 Å². The minimum Gasteiger partial charge on any atom is -0.508 e. The number of carbonyl (C=O) groups is 1. The van der Waals surface area contributed by atoms with Crippen LogP contribution in [0.1, 0.15) is 19.4 Å². The number of alkyl halides is 1. The van der Waals surface area contributed by atoms with Gasteiger partial charge in [-0.1, -0.05) is 54.6 Å². The van der Waals surface area contributed by atoms with Crippen molar-refractivity contribution < 1.29 is 9.90 Å². The molecule has 94 valence electrons. The third kappa shape index (κ3) is 4.53. The smallest absolute Gasteiger partial charge is 0.224 e. The van der Waals surface area contributed by atoms with Crippen LogP contribution in [0, 0.1) is 5.92 Å². The molecule has 1 aromatic carbocycles. The van der Waals surface area contributed by atoms with E-state index in [1.807, 2.05) is 6.07 Å². The summed E-state index contributed by atoms with van der Waals surface area (Å²) in [5, 5.41) is 12.6. The first-order chi connectivity index (χ1) is 8.04. The summed E-state index contributed by atoms with van der Waals surface area (Å²) < 4.78 is 0.891. The number of carbonyl (C=O) groups excluding carboxylic acids is 1. The number of para-hydroxylation sites is 1. The summed E-state index contributed by atoms with van der Waals surface area (Å²) in [4.78, 5) is 11.8. The van der Waals surface area contributed by atoms with E-state index in [2.05, 4.69) is 41.8 Å². The van der Waals surface area contributed by atoms with E-state index in [0.717, 1.165) is 4.43 Å². The maximum Gasteiger partial charge on any atom is 0.224 e. The van der Waals surface area contributed by atoms with Gasteiger partial charge in [-0.3, -0.25) is 4.79 Å². The number of amides is 1. The van der Waals surface area contributed by atoms with Gasteiger partial charge < -0.3 is 10.4 Å². The van der Waals surface area contributed by atoms with Crippen molar-refractivity contribution in [3.8, 4) is 5.75 Å². The lowest BCUT2D eigenvalue weighted by molar-refractivity contribution is -0.121. The molecule has 1 amide bonds. The van der Waals surface area contributed by atoms with Crippen molar-refractivity contribution in [3.63, 3.8) is 0 Å². The Hall–Kier alpha value is -0.780. The van der Waals surface area contributed by atoms with E-state index in [0.29, 0.717) is 11.5 Å². The second-order valence-corrected chi connectivity index (χ2v) is 5.26. The van der Waals surface area contributed by atoms with Gasteiger partial charge in [0.25, 0.3) is 0 Å². The third-order valence-electron chi connectivity index (χ3n) is 2.66. The first-order valence-electron chi connectivity index (χ1n) is 5.66. The van der Waals surface area contributed by atoms with Gasteiger partial charge in [0.1, 0.15) is 5.75 Å². The highest BCUT2D eigenvalue weighted by Crippen LogP contribution is 2.16. The lowest BCUT2D eigenvalue weighted by Gasteiger charge is -2.20. The molecule has 0 radical (unpaired) electrons. The monoisotopic (exact) mass is 347 g/mol. The fraction of sp³-hybridized carbons (Fsp3) is 0.462. The number of benzene rings is 1. The van der Waals surface area contributed by atoms with Gasteiger partial charge in [0.15, 0.2) is 0 Å². The number of nitrogens with one attached hydrogen (secondary N) is 1. The summed E-state index contributed by atoms with van der Waals surface area (Å²) in [6, 6.07) is 7.12. The van der Waals surface area contributed by atoms with Crippen molar-refractivity contribution in [2.45, 2.75) is 26.3 Å². The molecule has 0 spiro atoms. The number of aromatic hydroxyl groups is 1. The van der Waals surface area contributed by atoms with Crippen LogP contribution in [-0.2, 0) is 11.2 Å². The molecule has 4 heteroatoms. The van der Waals surface area contributed by atoms with E-state index >= 15 is 0 Å². The fourth-order valence-corrected chi connectivity index (χ4v) is 2.71. The van der Waals surface area contributed by atoms with E-state index in [9.17, 15) is 9.90 Å². The highest BCUT2D eigenvalue weighted by atomic mass is 127. The maximum absolute atomic E-state index is 11.8. The fourth-order valence-electron chi connectivity index (χ4n) is 1.47. The molecule has 0 aliphatic carbocycles. The molecule has 1 aromatic rings. The summed E-state index contributed by atoms with van der Waals surface area (Å²) >= 11 is 2.27. The molecule has 2 N–H and O–H groups in total. The van der Waals surface area contributed by atoms with Crippen molar-refractivity contribution in [2.24, 2.45) is 5.92 Å². The number of halogens is 1. The Labute approximate surface area is 116 Å². The van der Waals surface area contributed by atoms with E-state index < -0.39 is 0 Å². The van der Waals surface area contributed by atoms with Crippen LogP contribution < -0.4 is 5.32 Å². The van der Waals surface area contributed by atoms with Crippen LogP contribution in [0.5, 0.6) is 5.75 Å². The largest absolute Gasteiger partial charge is 0.508 e. The molecule has 0 aromatic heterocycles. The molecule has 1 unspecified atom stereocenters. The van der Waals surface area contributed by atoms with Crippen molar-refractivity contribution in [1.29, 1.82) is 0 Å². The number of hydrogen-bond donors (Lipinski definition) is 2. The Morgan fingerprint density at radius 2 is 2.06 bits per heavy atom. The molecule has 0 fully saturated rings. The van der Waals surface area contributed by atoms with Gasteiger partial charge in [-0.15, -0.1) is 0 Å². The SMILES string of the molecule is CC(C)C(CI)NC(=O)Cc1ccccc1O. The second kappa shape index (κ2) is 6.83. The molecule has 0 aliphatic heterocycles. The number of phenolic OH excluding ortho intramolecular Hbond substituents is 1. The van der Waals surface area contributed by atoms with E-state index in [1.54, 1.807) is 18.2 Å². The van der Waals surface area contributed by atoms with Gasteiger partial charge in [0.05, 0.1) is 6.42 Å². The summed E-state index contributed by atoms with van der Waals surface area (Å²) in [7, 11) is 0. The number of hydrogen-bond acceptors (Lipinski definition) is 2. The highest BCUT2D eigenvalue weighted by molar-refractivity contribution is 14.1. The Balaban J connectivity index is 2.58. The van der Waals surface area contributed by atoms with Gasteiger partial charge in [0, 0.05) is 16.0 Å². The molecular formula is C13H18INO2. The quantitative estimate of drug-likeness (QED) is 0.635. The molecule has 0 saturated carbocycles. The van der Waals surface area contributed by atoms with Gasteiger partial charge in [-0.25, -0.2) is 0 Å². The average Bonchev–Trinajstić information content (AvgIpc) is 2.28. The Bertz CT molecular complexity index is 379.